The number of fused-ring (bicyclic) bond motifs is 5. The smallest absolute Gasteiger partial charge is 0.246 e. The molecule has 1 aromatic rings. The number of nitrogens with zero attached hydrogens (tertiary/aromatic N) is 3. The second-order valence-corrected chi connectivity index (χ2v) is 7.92. The first-order chi connectivity index (χ1) is 11.5. The van der Waals surface area contributed by atoms with Gasteiger partial charge in [-0.15, -0.1) is 10.2 Å². The molecule has 4 rings (SSSR count). The molecule has 2 bridgehead atoms. The highest BCUT2D eigenvalue weighted by atomic mass is 32.1. The van der Waals surface area contributed by atoms with Crippen LogP contribution in [0.25, 0.3) is 0 Å². The van der Waals surface area contributed by atoms with Crippen LogP contribution < -0.4 is 5.32 Å². The topological polar surface area (TPSA) is 92.3 Å². The quantitative estimate of drug-likeness (QED) is 0.657. The van der Waals surface area contributed by atoms with Crippen LogP contribution in [0.1, 0.15) is 31.2 Å². The van der Waals surface area contributed by atoms with Crippen LogP contribution in [-0.2, 0) is 14.4 Å². The van der Waals surface area contributed by atoms with Crippen LogP contribution >= 0.6 is 11.3 Å². The Hall–Kier alpha value is -2.09. The van der Waals surface area contributed by atoms with E-state index in [2.05, 4.69) is 15.5 Å². The van der Waals surface area contributed by atoms with E-state index in [4.69, 9.17) is 0 Å². The van der Waals surface area contributed by atoms with Crippen molar-refractivity contribution >= 4 is 34.2 Å². The number of carbonyl (C=O) groups is 3. The van der Waals surface area contributed by atoms with Crippen LogP contribution in [0.4, 0.5) is 5.13 Å². The number of hydrogen-bond acceptors (Lipinski definition) is 6. The lowest BCUT2D eigenvalue weighted by Crippen LogP contribution is -2.39. The maximum Gasteiger partial charge on any atom is 0.246 e. The zero-order valence-corrected chi connectivity index (χ0v) is 14.2. The van der Waals surface area contributed by atoms with Crippen LogP contribution in [0.3, 0.4) is 0 Å². The summed E-state index contributed by atoms with van der Waals surface area (Å²) in [4.78, 5) is 38.4. The highest BCUT2D eigenvalue weighted by Crippen LogP contribution is 2.52. The number of rotatable bonds is 4. The van der Waals surface area contributed by atoms with Crippen LogP contribution in [0, 0.1) is 23.7 Å². The zero-order valence-electron chi connectivity index (χ0n) is 13.4. The molecule has 1 aliphatic heterocycles. The average Bonchev–Trinajstić information content (AvgIpc) is 3.28. The molecule has 2 aliphatic carbocycles. The first-order valence-electron chi connectivity index (χ1n) is 8.12. The summed E-state index contributed by atoms with van der Waals surface area (Å²) in [7, 11) is 0. The highest BCUT2D eigenvalue weighted by Gasteiger charge is 2.59. The largest absolute Gasteiger partial charge is 0.299 e. The molecule has 126 valence electrons. The van der Waals surface area contributed by atoms with Crippen molar-refractivity contribution in [1.29, 1.82) is 0 Å². The van der Waals surface area contributed by atoms with Gasteiger partial charge in [-0.05, 0) is 18.3 Å². The summed E-state index contributed by atoms with van der Waals surface area (Å²) in [6.45, 7) is 3.74. The van der Waals surface area contributed by atoms with Crippen LogP contribution in [0.15, 0.2) is 12.2 Å². The van der Waals surface area contributed by atoms with E-state index < -0.39 is 5.91 Å². The summed E-state index contributed by atoms with van der Waals surface area (Å²) in [6.07, 6.45) is 4.96. The molecule has 1 aromatic heterocycles. The van der Waals surface area contributed by atoms with Gasteiger partial charge in [0.15, 0.2) is 0 Å². The number of nitrogens with one attached hydrogen (secondary N) is 1. The highest BCUT2D eigenvalue weighted by molar-refractivity contribution is 7.15. The molecule has 24 heavy (non-hydrogen) atoms. The predicted octanol–water partition coefficient (Wildman–Crippen LogP) is 1.41. The summed E-state index contributed by atoms with van der Waals surface area (Å²) < 4.78 is 0. The van der Waals surface area contributed by atoms with Crippen molar-refractivity contribution < 1.29 is 14.4 Å². The number of aromatic nitrogens is 2. The molecule has 8 heteroatoms. The maximum atomic E-state index is 12.5. The van der Waals surface area contributed by atoms with Crippen LogP contribution in [0.2, 0.25) is 0 Å². The molecule has 1 saturated carbocycles. The fourth-order valence-corrected chi connectivity index (χ4v) is 4.70. The molecule has 2 heterocycles. The monoisotopic (exact) mass is 346 g/mol. The number of amides is 3. The Labute approximate surface area is 143 Å². The SMILES string of the molecule is CC(C)c1nnc(NC(=O)CN2C(=O)C3C4C=CC(C4)C3C2=O)s1. The van der Waals surface area contributed by atoms with Crippen molar-refractivity contribution in [3.05, 3.63) is 17.2 Å². The van der Waals surface area contributed by atoms with Gasteiger partial charge in [-0.1, -0.05) is 37.3 Å². The van der Waals surface area contributed by atoms with E-state index in [-0.39, 0.29) is 47.9 Å². The van der Waals surface area contributed by atoms with Gasteiger partial charge in [0, 0.05) is 5.92 Å². The number of hydrogen-bond donors (Lipinski definition) is 1. The van der Waals surface area contributed by atoms with Crippen molar-refractivity contribution in [2.24, 2.45) is 23.7 Å². The van der Waals surface area contributed by atoms with Gasteiger partial charge in [0.05, 0.1) is 11.8 Å². The third-order valence-electron chi connectivity index (χ3n) is 5.04. The Morgan fingerprint density at radius 1 is 1.25 bits per heavy atom. The number of imide groups is 1. The van der Waals surface area contributed by atoms with Gasteiger partial charge in [0.2, 0.25) is 22.9 Å². The minimum absolute atomic E-state index is 0.154. The molecule has 3 amide bonds. The molecule has 4 atom stereocenters. The first-order valence-corrected chi connectivity index (χ1v) is 8.94. The van der Waals surface area contributed by atoms with Crippen molar-refractivity contribution in [1.82, 2.24) is 15.1 Å². The zero-order chi connectivity index (χ0) is 17.0. The molecule has 0 spiro atoms. The molecule has 1 saturated heterocycles. The fourth-order valence-electron chi connectivity index (χ4n) is 3.94. The van der Waals surface area contributed by atoms with Crippen molar-refractivity contribution in [2.45, 2.75) is 26.2 Å². The molecule has 2 fully saturated rings. The minimum Gasteiger partial charge on any atom is -0.299 e. The average molecular weight is 346 g/mol. The maximum absolute atomic E-state index is 12.5. The lowest BCUT2D eigenvalue weighted by atomic mass is 9.85. The van der Waals surface area contributed by atoms with Gasteiger partial charge in [0.1, 0.15) is 11.6 Å². The lowest BCUT2D eigenvalue weighted by Gasteiger charge is -2.16. The molecule has 7 nitrogen and oxygen atoms in total. The van der Waals surface area contributed by atoms with Crippen molar-refractivity contribution in [3.63, 3.8) is 0 Å². The Bertz CT molecular complexity index is 726. The predicted molar refractivity (Wildman–Crippen MR) is 87.1 cm³/mol. The Balaban J connectivity index is 1.43. The van der Waals surface area contributed by atoms with Crippen LogP contribution in [-0.4, -0.2) is 39.4 Å². The van der Waals surface area contributed by atoms with Gasteiger partial charge in [-0.2, -0.15) is 0 Å². The molecule has 1 N–H and O–H groups in total. The normalized spacial score (nSPS) is 30.5. The van der Waals surface area contributed by atoms with Gasteiger partial charge in [0.25, 0.3) is 0 Å². The van der Waals surface area contributed by atoms with Gasteiger partial charge >= 0.3 is 0 Å². The Morgan fingerprint density at radius 2 is 1.88 bits per heavy atom. The number of allylic oxidation sites excluding steroid dienone is 2. The van der Waals surface area contributed by atoms with Crippen molar-refractivity contribution in [3.8, 4) is 0 Å². The summed E-state index contributed by atoms with van der Waals surface area (Å²) in [5.41, 5.74) is 0. The van der Waals surface area contributed by atoms with E-state index in [1.165, 1.54) is 11.3 Å². The second-order valence-electron chi connectivity index (χ2n) is 6.91. The molecular formula is C16H18N4O3S. The minimum atomic E-state index is -0.413. The summed E-state index contributed by atoms with van der Waals surface area (Å²) in [5, 5.41) is 11.8. The van der Waals surface area contributed by atoms with Gasteiger partial charge in [-0.25, -0.2) is 0 Å². The molecular weight excluding hydrogens is 328 g/mol. The molecule has 0 aromatic carbocycles. The summed E-state index contributed by atoms with van der Waals surface area (Å²) >= 11 is 1.30. The summed E-state index contributed by atoms with van der Waals surface area (Å²) in [5.74, 6) is -0.832. The van der Waals surface area contributed by atoms with E-state index in [0.29, 0.717) is 5.13 Å². The van der Waals surface area contributed by atoms with Crippen LogP contribution in [0.5, 0.6) is 0 Å². The van der Waals surface area contributed by atoms with Gasteiger partial charge in [-0.3, -0.25) is 24.6 Å². The van der Waals surface area contributed by atoms with E-state index in [1.54, 1.807) is 0 Å². The third-order valence-corrected chi connectivity index (χ3v) is 6.18. The lowest BCUT2D eigenvalue weighted by molar-refractivity contribution is -0.143. The van der Waals surface area contributed by atoms with E-state index in [1.807, 2.05) is 26.0 Å². The molecule has 4 unspecified atom stereocenters. The number of carbonyl (C=O) groups excluding carboxylic acids is 3. The number of anilines is 1. The van der Waals surface area contributed by atoms with E-state index >= 15 is 0 Å². The Morgan fingerprint density at radius 3 is 2.42 bits per heavy atom. The van der Waals surface area contributed by atoms with E-state index in [0.717, 1.165) is 16.3 Å². The third kappa shape index (κ3) is 2.28. The Kier molecular flexibility index (Phi) is 3.52. The molecule has 0 radical (unpaired) electrons. The summed E-state index contributed by atoms with van der Waals surface area (Å²) in [6, 6.07) is 0. The standard InChI is InChI=1S/C16H18N4O3S/c1-7(2)13-18-19-16(24-13)17-10(21)6-20-14(22)11-8-3-4-9(5-8)12(11)15(20)23/h3-4,7-9,11-12H,5-6H2,1-2H3,(H,17,19,21). The fraction of sp³-hybridized carbons (Fsp3) is 0.562. The second kappa shape index (κ2) is 5.47. The number of likely N-dealkylation sites (tertiary alicyclic amines) is 1. The van der Waals surface area contributed by atoms with E-state index in [9.17, 15) is 14.4 Å². The first kappa shape index (κ1) is 15.4. The van der Waals surface area contributed by atoms with Gasteiger partial charge < -0.3 is 0 Å². The molecule has 3 aliphatic rings. The van der Waals surface area contributed by atoms with Crippen molar-refractivity contribution in [2.75, 3.05) is 11.9 Å².